The molecule has 0 aliphatic heterocycles. The predicted octanol–water partition coefficient (Wildman–Crippen LogP) is 4.89. The summed E-state index contributed by atoms with van der Waals surface area (Å²) < 4.78 is 0. The van der Waals surface area contributed by atoms with Crippen LogP contribution in [0.3, 0.4) is 0 Å². The molecule has 0 bridgehead atoms. The maximum absolute atomic E-state index is 10.4. The first-order valence-electron chi connectivity index (χ1n) is 6.17. The van der Waals surface area contributed by atoms with Gasteiger partial charge in [0.1, 0.15) is 0 Å². The number of rotatable bonds is 3. The van der Waals surface area contributed by atoms with Crippen molar-refractivity contribution in [3.8, 4) is 0 Å². The molecular formula is C16H16Cl2O. The van der Waals surface area contributed by atoms with Crippen molar-refractivity contribution >= 4 is 23.2 Å². The van der Waals surface area contributed by atoms with Crippen molar-refractivity contribution < 1.29 is 5.11 Å². The smallest absolute Gasteiger partial charge is 0.0834 e. The Morgan fingerprint density at radius 2 is 1.68 bits per heavy atom. The van der Waals surface area contributed by atoms with E-state index in [4.69, 9.17) is 23.2 Å². The molecule has 1 nitrogen and oxygen atoms in total. The maximum Gasteiger partial charge on any atom is 0.0834 e. The molecule has 0 heterocycles. The zero-order valence-electron chi connectivity index (χ0n) is 11.0. The zero-order valence-corrected chi connectivity index (χ0v) is 12.5. The van der Waals surface area contributed by atoms with Gasteiger partial charge in [-0.15, -0.1) is 0 Å². The lowest BCUT2D eigenvalue weighted by molar-refractivity contribution is 0.178. The van der Waals surface area contributed by atoms with Crippen molar-refractivity contribution in [1.29, 1.82) is 0 Å². The molecule has 0 aliphatic rings. The Morgan fingerprint density at radius 3 is 2.26 bits per heavy atom. The van der Waals surface area contributed by atoms with Gasteiger partial charge in [-0.3, -0.25) is 0 Å². The number of aliphatic hydroxyl groups excluding tert-OH is 1. The zero-order chi connectivity index (χ0) is 14.0. The molecule has 2 aromatic carbocycles. The van der Waals surface area contributed by atoms with Crippen LogP contribution in [0, 0.1) is 13.8 Å². The minimum absolute atomic E-state index is 0.419. The first kappa shape index (κ1) is 14.4. The molecule has 0 aliphatic carbocycles. The second-order valence-electron chi connectivity index (χ2n) is 4.78. The molecule has 2 rings (SSSR count). The third kappa shape index (κ3) is 3.30. The maximum atomic E-state index is 10.4. The minimum atomic E-state index is -0.599. The first-order chi connectivity index (χ1) is 8.99. The van der Waals surface area contributed by atoms with Crippen LogP contribution in [0.1, 0.15) is 28.4 Å². The second kappa shape index (κ2) is 5.96. The van der Waals surface area contributed by atoms with E-state index in [1.165, 1.54) is 5.56 Å². The summed E-state index contributed by atoms with van der Waals surface area (Å²) in [5, 5.41) is 11.6. The average Bonchev–Trinajstić information content (AvgIpc) is 2.33. The Kier molecular flexibility index (Phi) is 4.51. The van der Waals surface area contributed by atoms with E-state index in [2.05, 4.69) is 6.07 Å². The third-order valence-electron chi connectivity index (χ3n) is 3.24. The molecule has 0 radical (unpaired) electrons. The van der Waals surface area contributed by atoms with Crippen LogP contribution in [0.5, 0.6) is 0 Å². The summed E-state index contributed by atoms with van der Waals surface area (Å²) in [5.74, 6) is 0. The lowest BCUT2D eigenvalue weighted by atomic mass is 9.96. The van der Waals surface area contributed by atoms with Crippen LogP contribution in [0.15, 0.2) is 36.4 Å². The first-order valence-corrected chi connectivity index (χ1v) is 6.92. The van der Waals surface area contributed by atoms with E-state index in [9.17, 15) is 5.11 Å². The molecule has 19 heavy (non-hydrogen) atoms. The van der Waals surface area contributed by atoms with Gasteiger partial charge in [-0.05, 0) is 42.7 Å². The lowest BCUT2D eigenvalue weighted by Gasteiger charge is -2.16. The van der Waals surface area contributed by atoms with Crippen molar-refractivity contribution in [2.24, 2.45) is 0 Å². The van der Waals surface area contributed by atoms with E-state index < -0.39 is 6.10 Å². The molecule has 0 spiro atoms. The van der Waals surface area contributed by atoms with Crippen LogP contribution in [0.25, 0.3) is 0 Å². The van der Waals surface area contributed by atoms with Crippen LogP contribution < -0.4 is 0 Å². The summed E-state index contributed by atoms with van der Waals surface area (Å²) in [7, 11) is 0. The van der Waals surface area contributed by atoms with Gasteiger partial charge in [0.25, 0.3) is 0 Å². The van der Waals surface area contributed by atoms with E-state index in [0.29, 0.717) is 16.5 Å². The Bertz CT molecular complexity index is 573. The van der Waals surface area contributed by atoms with Gasteiger partial charge < -0.3 is 5.11 Å². The standard InChI is InChI=1S/C16H16Cl2O/c1-10-6-7-12(11(2)8-10)16(19)9-13-14(17)4-3-5-15(13)18/h3-8,16,19H,9H2,1-2H3. The van der Waals surface area contributed by atoms with Crippen molar-refractivity contribution in [3.63, 3.8) is 0 Å². The molecule has 1 unspecified atom stereocenters. The Morgan fingerprint density at radius 1 is 1.05 bits per heavy atom. The van der Waals surface area contributed by atoms with Gasteiger partial charge in [0.15, 0.2) is 0 Å². The number of halogens is 2. The number of hydrogen-bond donors (Lipinski definition) is 1. The molecule has 3 heteroatoms. The largest absolute Gasteiger partial charge is 0.388 e. The molecule has 0 saturated heterocycles. The van der Waals surface area contributed by atoms with Gasteiger partial charge >= 0.3 is 0 Å². The summed E-state index contributed by atoms with van der Waals surface area (Å²) in [5.41, 5.74) is 3.97. The third-order valence-corrected chi connectivity index (χ3v) is 3.95. The number of aliphatic hydroxyl groups is 1. The normalized spacial score (nSPS) is 12.5. The van der Waals surface area contributed by atoms with Crippen LogP contribution >= 0.6 is 23.2 Å². The molecule has 1 N–H and O–H groups in total. The van der Waals surface area contributed by atoms with Crippen molar-refractivity contribution in [2.45, 2.75) is 26.4 Å². The average molecular weight is 295 g/mol. The van der Waals surface area contributed by atoms with Crippen LogP contribution in [-0.4, -0.2) is 5.11 Å². The summed E-state index contributed by atoms with van der Waals surface area (Å²) in [6.07, 6.45) is -0.180. The van der Waals surface area contributed by atoms with Gasteiger partial charge in [0.05, 0.1) is 6.10 Å². The van der Waals surface area contributed by atoms with Crippen LogP contribution in [0.4, 0.5) is 0 Å². The summed E-state index contributed by atoms with van der Waals surface area (Å²) >= 11 is 12.3. The molecule has 0 fully saturated rings. The Balaban J connectivity index is 2.28. The fourth-order valence-corrected chi connectivity index (χ4v) is 2.78. The molecule has 0 amide bonds. The van der Waals surface area contributed by atoms with Gasteiger partial charge in [-0.25, -0.2) is 0 Å². The van der Waals surface area contributed by atoms with Crippen molar-refractivity contribution in [3.05, 3.63) is 68.7 Å². The van der Waals surface area contributed by atoms with E-state index in [1.54, 1.807) is 18.2 Å². The van der Waals surface area contributed by atoms with E-state index >= 15 is 0 Å². The van der Waals surface area contributed by atoms with Crippen molar-refractivity contribution in [2.75, 3.05) is 0 Å². The Labute approximate surface area is 123 Å². The fraction of sp³-hybridized carbons (Fsp3) is 0.250. The highest BCUT2D eigenvalue weighted by molar-refractivity contribution is 6.36. The van der Waals surface area contributed by atoms with E-state index in [-0.39, 0.29) is 0 Å². The molecular weight excluding hydrogens is 279 g/mol. The second-order valence-corrected chi connectivity index (χ2v) is 5.59. The van der Waals surface area contributed by atoms with Crippen molar-refractivity contribution in [1.82, 2.24) is 0 Å². The number of aryl methyl sites for hydroxylation is 2. The fourth-order valence-electron chi connectivity index (χ4n) is 2.23. The van der Waals surface area contributed by atoms with Gasteiger partial charge in [-0.1, -0.05) is 53.0 Å². The topological polar surface area (TPSA) is 20.2 Å². The number of benzene rings is 2. The number of hydrogen-bond acceptors (Lipinski definition) is 1. The summed E-state index contributed by atoms with van der Waals surface area (Å²) in [6.45, 7) is 4.04. The molecule has 0 saturated carbocycles. The van der Waals surface area contributed by atoms with Crippen LogP contribution in [0.2, 0.25) is 10.0 Å². The monoisotopic (exact) mass is 294 g/mol. The molecule has 2 aromatic rings. The highest BCUT2D eigenvalue weighted by atomic mass is 35.5. The van der Waals surface area contributed by atoms with E-state index in [1.807, 2.05) is 26.0 Å². The molecule has 0 aromatic heterocycles. The van der Waals surface area contributed by atoms with Gasteiger partial charge in [0, 0.05) is 16.5 Å². The SMILES string of the molecule is Cc1ccc(C(O)Cc2c(Cl)cccc2Cl)c(C)c1. The summed E-state index contributed by atoms with van der Waals surface area (Å²) in [4.78, 5) is 0. The highest BCUT2D eigenvalue weighted by Crippen LogP contribution is 2.30. The lowest BCUT2D eigenvalue weighted by Crippen LogP contribution is -2.05. The quantitative estimate of drug-likeness (QED) is 0.855. The molecule has 1 atom stereocenters. The summed E-state index contributed by atoms with van der Waals surface area (Å²) in [6, 6.07) is 11.4. The van der Waals surface area contributed by atoms with E-state index in [0.717, 1.165) is 16.7 Å². The van der Waals surface area contributed by atoms with Gasteiger partial charge in [-0.2, -0.15) is 0 Å². The highest BCUT2D eigenvalue weighted by Gasteiger charge is 2.15. The van der Waals surface area contributed by atoms with Gasteiger partial charge in [0.2, 0.25) is 0 Å². The minimum Gasteiger partial charge on any atom is -0.388 e. The van der Waals surface area contributed by atoms with Crippen LogP contribution in [-0.2, 0) is 6.42 Å². The Hall–Kier alpha value is -1.02. The molecule has 100 valence electrons. The predicted molar refractivity (Wildman–Crippen MR) is 81.0 cm³/mol.